The van der Waals surface area contributed by atoms with Crippen molar-refractivity contribution in [2.75, 3.05) is 6.61 Å². The van der Waals surface area contributed by atoms with E-state index in [0.29, 0.717) is 11.6 Å². The van der Waals surface area contributed by atoms with Gasteiger partial charge in [0.15, 0.2) is 0 Å². The third-order valence-corrected chi connectivity index (χ3v) is 3.51. The lowest BCUT2D eigenvalue weighted by Gasteiger charge is -2.04. The summed E-state index contributed by atoms with van der Waals surface area (Å²) in [5.41, 5.74) is 3.22. The molecule has 3 aromatic rings. The summed E-state index contributed by atoms with van der Waals surface area (Å²) < 4.78 is 6.60. The molecule has 0 aliphatic carbocycles. The first kappa shape index (κ1) is 15.2. The maximum Gasteiger partial charge on any atom is 0.330 e. The molecule has 0 amide bonds. The largest absolute Gasteiger partial charge is 0.463 e. The summed E-state index contributed by atoms with van der Waals surface area (Å²) in [5, 5.41) is 8.92. The van der Waals surface area contributed by atoms with Crippen LogP contribution in [0.2, 0.25) is 5.02 Å². The number of carbonyl (C=O) groups excluding carboxylic acids is 1. The number of esters is 1. The molecule has 0 aliphatic heterocycles. The Morgan fingerprint density at radius 1 is 1.35 bits per heavy atom. The third-order valence-electron chi connectivity index (χ3n) is 3.28. The van der Waals surface area contributed by atoms with E-state index in [1.165, 1.54) is 6.08 Å². The molecule has 0 radical (unpaired) electrons. The first-order valence-corrected chi connectivity index (χ1v) is 7.51. The molecule has 2 heterocycles. The van der Waals surface area contributed by atoms with Gasteiger partial charge in [0.05, 0.1) is 12.1 Å². The highest BCUT2D eigenvalue weighted by Crippen LogP contribution is 2.29. The van der Waals surface area contributed by atoms with Crippen LogP contribution in [0.1, 0.15) is 12.5 Å². The van der Waals surface area contributed by atoms with E-state index in [1.807, 2.05) is 30.5 Å². The zero-order valence-corrected chi connectivity index (χ0v) is 13.2. The number of fused-ring (bicyclic) bond motifs is 1. The number of hydrogen-bond acceptors (Lipinski definition) is 4. The van der Waals surface area contributed by atoms with Crippen LogP contribution in [-0.4, -0.2) is 27.4 Å². The molecule has 5 nitrogen and oxygen atoms in total. The number of benzene rings is 1. The predicted octanol–water partition coefficient (Wildman–Crippen LogP) is 3.63. The smallest absolute Gasteiger partial charge is 0.330 e. The van der Waals surface area contributed by atoms with Gasteiger partial charge in [-0.3, -0.25) is 0 Å². The quantitative estimate of drug-likeness (QED) is 0.542. The molecule has 6 heteroatoms. The van der Waals surface area contributed by atoms with Gasteiger partial charge in [0, 0.05) is 22.9 Å². The molecule has 0 bridgehead atoms. The summed E-state index contributed by atoms with van der Waals surface area (Å²) >= 11 is 6.08. The molecule has 0 saturated carbocycles. The van der Waals surface area contributed by atoms with E-state index in [-0.39, 0.29) is 0 Å². The number of ether oxygens (including phenoxy) is 1. The highest BCUT2D eigenvalue weighted by atomic mass is 35.5. The van der Waals surface area contributed by atoms with Crippen LogP contribution in [0.4, 0.5) is 0 Å². The molecule has 3 rings (SSSR count). The zero-order valence-electron chi connectivity index (χ0n) is 12.4. The second-order valence-corrected chi connectivity index (χ2v) is 5.22. The van der Waals surface area contributed by atoms with Gasteiger partial charge in [-0.15, -0.1) is 5.10 Å². The van der Waals surface area contributed by atoms with Crippen LogP contribution in [0.3, 0.4) is 0 Å². The van der Waals surface area contributed by atoms with E-state index in [9.17, 15) is 4.79 Å². The maximum atomic E-state index is 11.5. The van der Waals surface area contributed by atoms with Gasteiger partial charge in [-0.1, -0.05) is 28.9 Å². The maximum absolute atomic E-state index is 11.5. The average Bonchev–Trinajstić information content (AvgIpc) is 2.97. The van der Waals surface area contributed by atoms with Gasteiger partial charge in [0.2, 0.25) is 0 Å². The summed E-state index contributed by atoms with van der Waals surface area (Å²) in [6.45, 7) is 2.10. The zero-order chi connectivity index (χ0) is 16.2. The van der Waals surface area contributed by atoms with Crippen molar-refractivity contribution in [3.05, 3.63) is 59.3 Å². The van der Waals surface area contributed by atoms with Gasteiger partial charge in [-0.05, 0) is 42.8 Å². The first-order valence-electron chi connectivity index (χ1n) is 7.14. The summed E-state index contributed by atoms with van der Waals surface area (Å²) in [7, 11) is 0. The second kappa shape index (κ2) is 6.62. The van der Waals surface area contributed by atoms with Crippen LogP contribution in [0.5, 0.6) is 0 Å². The fourth-order valence-corrected chi connectivity index (χ4v) is 2.45. The Kier molecular flexibility index (Phi) is 4.39. The Hall–Kier alpha value is -2.66. The SMILES string of the molecule is CCOC(=O)/C=C/c1cc(Cl)ccc1-c1nnn2ccccc12. The van der Waals surface area contributed by atoms with E-state index in [2.05, 4.69) is 10.3 Å². The molecule has 23 heavy (non-hydrogen) atoms. The summed E-state index contributed by atoms with van der Waals surface area (Å²) in [6, 6.07) is 11.2. The van der Waals surface area contributed by atoms with Gasteiger partial charge in [0.1, 0.15) is 5.69 Å². The van der Waals surface area contributed by atoms with Crippen molar-refractivity contribution in [2.24, 2.45) is 0 Å². The third kappa shape index (κ3) is 3.24. The molecule has 0 spiro atoms. The van der Waals surface area contributed by atoms with Gasteiger partial charge in [-0.25, -0.2) is 9.31 Å². The number of nitrogens with zero attached hydrogens (tertiary/aromatic N) is 3. The van der Waals surface area contributed by atoms with Crippen molar-refractivity contribution in [3.8, 4) is 11.3 Å². The molecule has 0 unspecified atom stereocenters. The van der Waals surface area contributed by atoms with Crippen molar-refractivity contribution in [3.63, 3.8) is 0 Å². The molecule has 116 valence electrons. The van der Waals surface area contributed by atoms with E-state index in [1.54, 1.807) is 29.6 Å². The summed E-state index contributed by atoms with van der Waals surface area (Å²) in [4.78, 5) is 11.5. The first-order chi connectivity index (χ1) is 11.2. The van der Waals surface area contributed by atoms with Crippen molar-refractivity contribution in [1.82, 2.24) is 14.8 Å². The lowest BCUT2D eigenvalue weighted by Crippen LogP contribution is -1.98. The average molecular weight is 328 g/mol. The molecule has 0 N–H and O–H groups in total. The van der Waals surface area contributed by atoms with Crippen LogP contribution in [-0.2, 0) is 9.53 Å². The molecular weight excluding hydrogens is 314 g/mol. The van der Waals surface area contributed by atoms with E-state index in [0.717, 1.165) is 22.3 Å². The van der Waals surface area contributed by atoms with Crippen LogP contribution in [0.25, 0.3) is 22.9 Å². The predicted molar refractivity (Wildman–Crippen MR) is 89.1 cm³/mol. The molecule has 0 aliphatic rings. The molecule has 2 aromatic heterocycles. The van der Waals surface area contributed by atoms with E-state index in [4.69, 9.17) is 16.3 Å². The number of halogens is 1. The standard InChI is InChI=1S/C17H14ClN3O2/c1-2-23-16(22)9-6-12-11-13(18)7-8-14(12)17-15-5-3-4-10-21(15)20-19-17/h3-11H,2H2,1H3/b9-6+. The number of aromatic nitrogens is 3. The Balaban J connectivity index is 2.07. The lowest BCUT2D eigenvalue weighted by atomic mass is 10.0. The fraction of sp³-hybridized carbons (Fsp3) is 0.118. The summed E-state index contributed by atoms with van der Waals surface area (Å²) in [5.74, 6) is -0.397. The summed E-state index contributed by atoms with van der Waals surface area (Å²) in [6.07, 6.45) is 4.88. The molecule has 1 aromatic carbocycles. The van der Waals surface area contributed by atoms with E-state index >= 15 is 0 Å². The van der Waals surface area contributed by atoms with Gasteiger partial charge >= 0.3 is 5.97 Å². The number of carbonyl (C=O) groups is 1. The minimum atomic E-state index is -0.397. The topological polar surface area (TPSA) is 56.5 Å². The fourth-order valence-electron chi connectivity index (χ4n) is 2.27. The molecule has 0 atom stereocenters. The van der Waals surface area contributed by atoms with Crippen molar-refractivity contribution < 1.29 is 9.53 Å². The minimum absolute atomic E-state index is 0.335. The number of pyridine rings is 1. The Labute approximate surface area is 138 Å². The molecule has 0 fully saturated rings. The van der Waals surface area contributed by atoms with Crippen molar-refractivity contribution >= 4 is 29.2 Å². The van der Waals surface area contributed by atoms with Crippen molar-refractivity contribution in [1.29, 1.82) is 0 Å². The second-order valence-electron chi connectivity index (χ2n) is 4.79. The van der Waals surface area contributed by atoms with Crippen LogP contribution >= 0.6 is 11.6 Å². The lowest BCUT2D eigenvalue weighted by molar-refractivity contribution is -0.137. The normalized spacial score (nSPS) is 11.2. The molecule has 0 saturated heterocycles. The minimum Gasteiger partial charge on any atom is -0.463 e. The number of rotatable bonds is 4. The van der Waals surface area contributed by atoms with Crippen LogP contribution < -0.4 is 0 Å². The van der Waals surface area contributed by atoms with Gasteiger partial charge < -0.3 is 4.74 Å². The van der Waals surface area contributed by atoms with Gasteiger partial charge in [-0.2, -0.15) is 0 Å². The van der Waals surface area contributed by atoms with Gasteiger partial charge in [0.25, 0.3) is 0 Å². The Morgan fingerprint density at radius 3 is 3.04 bits per heavy atom. The van der Waals surface area contributed by atoms with Crippen LogP contribution in [0, 0.1) is 0 Å². The monoisotopic (exact) mass is 327 g/mol. The van der Waals surface area contributed by atoms with Crippen molar-refractivity contribution in [2.45, 2.75) is 6.92 Å². The Bertz CT molecular complexity index is 886. The van der Waals surface area contributed by atoms with Crippen LogP contribution in [0.15, 0.2) is 48.7 Å². The van der Waals surface area contributed by atoms with E-state index < -0.39 is 5.97 Å². The highest BCUT2D eigenvalue weighted by molar-refractivity contribution is 6.30. The number of hydrogen-bond donors (Lipinski definition) is 0. The highest BCUT2D eigenvalue weighted by Gasteiger charge is 2.12. The molecular formula is C17H14ClN3O2. The Morgan fingerprint density at radius 2 is 2.22 bits per heavy atom.